The predicted octanol–water partition coefficient (Wildman–Crippen LogP) is -3.85. The molecule has 13 N–H and O–H groups in total. The minimum absolute atomic E-state index is 0.00798. The number of fused-ring (bicyclic) bond motifs is 5. The van der Waals surface area contributed by atoms with Crippen molar-refractivity contribution in [2.24, 2.45) is 7.05 Å². The van der Waals surface area contributed by atoms with Crippen molar-refractivity contribution < 1.29 is 107 Å². The molecule has 0 radical (unpaired) electrons. The van der Waals surface area contributed by atoms with E-state index < -0.39 is 152 Å². The molecule has 16 atom stereocenters. The SMILES string of the molecule is COC1[C@H]2[C@H]([n+]3cn(C)c4c(=O)[nH]c(N)nc43)O[C@@]1(COP(=O)(O)OP(=O)(O)OP(=O)(O)OC[C@H]1O[C@@H](n3cnc4c(N)ncnc43)[C@@H](OC)C1O[P+](=O)OC[C@H]1O[C@@H](n3cnc4c(=O)[nH]c(N)nc43)[C@@H](O)C1O)CN2S(C)(=O)=O. The van der Waals surface area contributed by atoms with E-state index in [0.29, 0.717) is 0 Å². The van der Waals surface area contributed by atoms with Gasteiger partial charge in [-0.25, -0.2) is 46.6 Å². The molecule has 0 spiro atoms. The van der Waals surface area contributed by atoms with Gasteiger partial charge in [0.1, 0.15) is 66.7 Å². The normalized spacial score (nSPS) is 30.6. The summed E-state index contributed by atoms with van der Waals surface area (Å²) in [6, 6.07) is -1.27. The van der Waals surface area contributed by atoms with Crippen molar-refractivity contribution in [2.75, 3.05) is 64.0 Å². The van der Waals surface area contributed by atoms with E-state index in [9.17, 15) is 61.2 Å². The molecule has 2 bridgehead atoms. The third kappa shape index (κ3) is 10.7. The Hall–Kier alpha value is -5.29. The number of aliphatic hydroxyl groups is 2. The molecule has 45 heteroatoms. The molecule has 10 heterocycles. The molecule has 6 aromatic heterocycles. The van der Waals surface area contributed by atoms with Gasteiger partial charge in [0.2, 0.25) is 27.7 Å². The molecule has 4 saturated heterocycles. The number of aromatic nitrogens is 12. The number of morpholine rings is 1. The van der Waals surface area contributed by atoms with Gasteiger partial charge in [-0.05, 0) is 0 Å². The van der Waals surface area contributed by atoms with E-state index in [1.165, 1.54) is 33.4 Å². The van der Waals surface area contributed by atoms with Gasteiger partial charge in [-0.2, -0.15) is 17.9 Å². The third-order valence-corrected chi connectivity index (χ3v) is 19.3. The van der Waals surface area contributed by atoms with E-state index in [4.69, 9.17) is 59.0 Å². The number of hydrogen-bond donors (Lipinski definition) is 10. The lowest BCUT2D eigenvalue weighted by Crippen LogP contribution is -2.56. The van der Waals surface area contributed by atoms with Gasteiger partial charge in [0.15, 0.2) is 47.5 Å². The Kier molecular flexibility index (Phi) is 15.3. The predicted molar refractivity (Wildman–Crippen MR) is 260 cm³/mol. The van der Waals surface area contributed by atoms with E-state index in [2.05, 4.69) is 48.5 Å². The van der Waals surface area contributed by atoms with Crippen LogP contribution in [0, 0.1) is 0 Å². The largest absolute Gasteiger partial charge is 0.697 e. The zero-order valence-electron chi connectivity index (χ0n) is 41.3. The van der Waals surface area contributed by atoms with Gasteiger partial charge in [0.05, 0.1) is 39.2 Å². The van der Waals surface area contributed by atoms with E-state index in [1.807, 2.05) is 0 Å². The van der Waals surface area contributed by atoms with Crippen molar-refractivity contribution in [3.8, 4) is 0 Å². The Morgan fingerprint density at radius 3 is 2.17 bits per heavy atom. The van der Waals surface area contributed by atoms with Crippen LogP contribution in [0.4, 0.5) is 17.7 Å². The lowest BCUT2D eigenvalue weighted by atomic mass is 10.0. The molecular weight excluding hydrogens is 1180 g/mol. The highest BCUT2D eigenvalue weighted by Gasteiger charge is 2.69. The molecule has 0 amide bonds. The zero-order chi connectivity index (χ0) is 57.8. The first-order chi connectivity index (χ1) is 37.5. The second-order valence-corrected chi connectivity index (χ2v) is 25.7. The molecule has 0 saturated carbocycles. The maximum Gasteiger partial charge on any atom is 0.697 e. The molecular formula is C35H48N16O24P4S+2. The Balaban J connectivity index is 0.821. The van der Waals surface area contributed by atoms with E-state index in [-0.39, 0.29) is 51.2 Å². The summed E-state index contributed by atoms with van der Waals surface area (Å²) in [5, 5.41) is 21.8. The van der Waals surface area contributed by atoms with Crippen LogP contribution in [0.25, 0.3) is 33.5 Å². The number of nitrogens with two attached hydrogens (primary N) is 3. The number of methoxy groups -OCH3 is 2. The summed E-state index contributed by atoms with van der Waals surface area (Å²) < 4.78 is 145. The van der Waals surface area contributed by atoms with Crippen LogP contribution in [0.5, 0.6) is 0 Å². The summed E-state index contributed by atoms with van der Waals surface area (Å²) in [6.45, 7) is -3.62. The summed E-state index contributed by atoms with van der Waals surface area (Å²) >= 11 is 0. The molecule has 4 aliphatic heterocycles. The number of aromatic amines is 2. The van der Waals surface area contributed by atoms with Crippen molar-refractivity contribution in [3.63, 3.8) is 0 Å². The van der Waals surface area contributed by atoms with Crippen LogP contribution in [0.3, 0.4) is 0 Å². The first-order valence-electron chi connectivity index (χ1n) is 22.8. The lowest BCUT2D eigenvalue weighted by Gasteiger charge is -2.34. The number of aliphatic hydroxyl groups excluding tert-OH is 2. The smallest absolute Gasteiger partial charge is 0.387 e. The molecule has 10 rings (SSSR count). The van der Waals surface area contributed by atoms with Crippen LogP contribution in [-0.2, 0) is 85.7 Å². The average Bonchev–Trinajstić information content (AvgIpc) is 4.44. The number of aryl methyl sites for hydroxylation is 1. The number of ether oxygens (including phenoxy) is 5. The monoisotopic (exact) mass is 1230 g/mol. The van der Waals surface area contributed by atoms with Crippen molar-refractivity contribution in [1.82, 2.24) is 57.9 Å². The van der Waals surface area contributed by atoms with Crippen molar-refractivity contribution >= 4 is 93.0 Å². The summed E-state index contributed by atoms with van der Waals surface area (Å²) in [6.07, 6.45) is -9.47. The first-order valence-corrected chi connectivity index (χ1v) is 30.2. The molecule has 40 nitrogen and oxygen atoms in total. The van der Waals surface area contributed by atoms with E-state index in [0.717, 1.165) is 42.0 Å². The van der Waals surface area contributed by atoms with Crippen molar-refractivity contribution in [3.05, 3.63) is 46.0 Å². The molecule has 7 unspecified atom stereocenters. The maximum absolute atomic E-state index is 13.6. The van der Waals surface area contributed by atoms with Crippen molar-refractivity contribution in [2.45, 2.75) is 73.1 Å². The fraction of sp³-hybridized carbons (Fsp3) is 0.571. The molecule has 6 aromatic rings. The number of nitrogens with zero attached hydrogens (tertiary/aromatic N) is 11. The summed E-state index contributed by atoms with van der Waals surface area (Å²) in [7, 11) is -21.8. The number of nitrogen functional groups attached to an aromatic ring is 3. The summed E-state index contributed by atoms with van der Waals surface area (Å²) in [4.78, 5) is 86.2. The fourth-order valence-electron chi connectivity index (χ4n) is 9.83. The highest BCUT2D eigenvalue weighted by molar-refractivity contribution is 7.88. The number of rotatable bonds is 21. The van der Waals surface area contributed by atoms with Gasteiger partial charge in [0, 0.05) is 25.3 Å². The number of sulfonamides is 1. The molecule has 0 aromatic carbocycles. The maximum atomic E-state index is 13.6. The highest BCUT2D eigenvalue weighted by Crippen LogP contribution is 2.68. The van der Waals surface area contributed by atoms with Crippen LogP contribution in [-0.4, -0.2) is 192 Å². The Morgan fingerprint density at radius 1 is 0.838 bits per heavy atom. The number of anilines is 3. The number of phosphoric ester groups is 2. The second kappa shape index (κ2) is 21.2. The van der Waals surface area contributed by atoms with Crippen LogP contribution >= 0.6 is 31.7 Å². The van der Waals surface area contributed by atoms with E-state index >= 15 is 0 Å². The third-order valence-electron chi connectivity index (χ3n) is 13.1. The topological polar surface area (TPSA) is 548 Å². The number of H-pyrrole nitrogens is 2. The average molecular weight is 1230 g/mol. The van der Waals surface area contributed by atoms with Crippen LogP contribution in [0.1, 0.15) is 18.7 Å². The van der Waals surface area contributed by atoms with E-state index in [1.54, 1.807) is 0 Å². The van der Waals surface area contributed by atoms with Gasteiger partial charge >= 0.3 is 37.4 Å². The van der Waals surface area contributed by atoms with Crippen LogP contribution < -0.4 is 32.9 Å². The minimum atomic E-state index is -6.23. The standard InChI is InChI=1S/C35H46N16O24P4S/c1-47-12-50(27-18(47)29(55)46-34(38)44-27)30-17-23(66-3)35(72-30,7-51(17)80(4,63)64)8-69-78(59,60)75-79(61,62)74-77(57,58)68-6-14-21(22(65-2)32(71-14)48-10-41-15-24(36)39-9-40-25(15)48)73-76(56)67-5-13-19(52)20(53)31(70-13)49-11-42-16-26(49)43-33(37)45-28(16)54/h9-14,17,19-23,30-32,52-53H,5-8H2,1-4H3,(H9-2,36,37,38,39,40,43,44,45,46,54,55,57,58,59,60,61,62)/p+2/t13-,14-,17+,19?,20+,21?,22+,23?,30-,31-,32-,35-/m1/s1. The Morgan fingerprint density at radius 2 is 1.49 bits per heavy atom. The quantitative estimate of drug-likeness (QED) is 0.0244. The van der Waals surface area contributed by atoms with Crippen molar-refractivity contribution in [1.29, 1.82) is 0 Å². The van der Waals surface area contributed by atoms with Gasteiger partial charge in [-0.3, -0.25) is 42.3 Å². The summed E-state index contributed by atoms with van der Waals surface area (Å²) in [5.74, 6) is -0.647. The summed E-state index contributed by atoms with van der Waals surface area (Å²) in [5.41, 5.74) is 13.9. The molecule has 436 valence electrons. The minimum Gasteiger partial charge on any atom is -0.387 e. The van der Waals surface area contributed by atoms with Gasteiger partial charge in [-0.1, -0.05) is 4.98 Å². The van der Waals surface area contributed by atoms with Gasteiger partial charge in [-0.15, -0.1) is 9.05 Å². The van der Waals surface area contributed by atoms with Gasteiger partial charge in [0.25, 0.3) is 17.1 Å². The molecule has 0 aliphatic carbocycles. The van der Waals surface area contributed by atoms with Crippen LogP contribution in [0.2, 0.25) is 0 Å². The number of imidazole rings is 3. The Labute approximate surface area is 446 Å². The van der Waals surface area contributed by atoms with Gasteiger partial charge < -0.3 is 65.8 Å². The lowest BCUT2D eigenvalue weighted by molar-refractivity contribution is -0.747. The molecule has 80 heavy (non-hydrogen) atoms. The second-order valence-electron chi connectivity index (χ2n) is 18.2. The molecule has 4 aliphatic rings. The fourth-order valence-corrected chi connectivity index (χ4v) is 15.3. The number of phosphoric acid groups is 3. The first kappa shape index (κ1) is 57.9. The van der Waals surface area contributed by atoms with Crippen LogP contribution in [0.15, 0.2) is 34.9 Å². The zero-order valence-corrected chi connectivity index (χ0v) is 45.7. The Bertz CT molecular complexity index is 3810. The highest BCUT2D eigenvalue weighted by atomic mass is 32.2. The number of nitrogens with one attached hydrogen (secondary N) is 2. The molecule has 4 fully saturated rings. The number of hydrogen-bond acceptors (Lipinski definition) is 30.